The molecule has 0 aliphatic carbocycles. The van der Waals surface area contributed by atoms with Gasteiger partial charge in [-0.05, 0) is 58.2 Å². The molecular formula is C16H15BrN4. The van der Waals surface area contributed by atoms with Crippen molar-refractivity contribution in [3.8, 4) is 5.69 Å². The molecule has 106 valence electrons. The monoisotopic (exact) mass is 342 g/mol. The number of pyridine rings is 1. The van der Waals surface area contributed by atoms with E-state index >= 15 is 0 Å². The third-order valence-corrected chi connectivity index (χ3v) is 4.05. The fraction of sp³-hybridized carbons (Fsp3) is 0.125. The Bertz CT molecular complexity index is 721. The van der Waals surface area contributed by atoms with E-state index in [-0.39, 0.29) is 0 Å². The summed E-state index contributed by atoms with van der Waals surface area (Å²) in [5, 5.41) is 7.59. The van der Waals surface area contributed by atoms with E-state index in [9.17, 15) is 0 Å². The average Bonchev–Trinajstić information content (AvgIpc) is 3.03. The summed E-state index contributed by atoms with van der Waals surface area (Å²) >= 11 is 3.41. The quantitative estimate of drug-likeness (QED) is 0.730. The van der Waals surface area contributed by atoms with Crippen LogP contribution in [0.25, 0.3) is 5.69 Å². The first-order valence-electron chi connectivity index (χ1n) is 6.67. The van der Waals surface area contributed by atoms with E-state index in [2.05, 4.69) is 61.7 Å². The number of anilines is 1. The lowest BCUT2D eigenvalue weighted by atomic mass is 10.2. The maximum Gasteiger partial charge on any atom is 0.109 e. The van der Waals surface area contributed by atoms with Crippen LogP contribution in [0.4, 0.5) is 5.69 Å². The van der Waals surface area contributed by atoms with Crippen LogP contribution in [0, 0.1) is 6.92 Å². The van der Waals surface area contributed by atoms with Gasteiger partial charge < -0.3 is 5.32 Å². The standard InChI is InChI=1S/C16H15BrN4/c1-12-9-14(11-19-16(12)17)18-10-13-3-5-15(6-4-13)21-8-2-7-20-21/h2-9,11,18H,10H2,1H3. The van der Waals surface area contributed by atoms with Crippen LogP contribution in [0.2, 0.25) is 0 Å². The predicted octanol–water partition coefficient (Wildman–Crippen LogP) is 3.95. The predicted molar refractivity (Wildman–Crippen MR) is 87.6 cm³/mol. The van der Waals surface area contributed by atoms with Gasteiger partial charge in [-0.1, -0.05) is 12.1 Å². The van der Waals surface area contributed by atoms with Crippen LogP contribution in [0.15, 0.2) is 59.6 Å². The third-order valence-electron chi connectivity index (χ3n) is 3.22. The highest BCUT2D eigenvalue weighted by atomic mass is 79.9. The first-order chi connectivity index (χ1) is 10.2. The number of halogens is 1. The van der Waals surface area contributed by atoms with Gasteiger partial charge in [0.2, 0.25) is 0 Å². The van der Waals surface area contributed by atoms with Crippen molar-refractivity contribution in [3.63, 3.8) is 0 Å². The fourth-order valence-electron chi connectivity index (χ4n) is 2.05. The molecule has 5 heteroatoms. The Balaban J connectivity index is 1.66. The Morgan fingerprint density at radius 1 is 1.24 bits per heavy atom. The molecule has 2 heterocycles. The number of benzene rings is 1. The van der Waals surface area contributed by atoms with E-state index in [0.717, 1.165) is 28.1 Å². The molecule has 0 saturated heterocycles. The molecule has 0 bridgehead atoms. The van der Waals surface area contributed by atoms with E-state index in [0.29, 0.717) is 0 Å². The molecule has 0 spiro atoms. The van der Waals surface area contributed by atoms with Gasteiger partial charge in [0, 0.05) is 18.9 Å². The molecule has 0 unspecified atom stereocenters. The maximum atomic E-state index is 4.28. The molecule has 3 rings (SSSR count). The summed E-state index contributed by atoms with van der Waals surface area (Å²) in [6.45, 7) is 2.79. The van der Waals surface area contributed by atoms with Gasteiger partial charge in [-0.25, -0.2) is 9.67 Å². The van der Waals surface area contributed by atoms with Crippen molar-refractivity contribution >= 4 is 21.6 Å². The van der Waals surface area contributed by atoms with Crippen molar-refractivity contribution in [2.45, 2.75) is 13.5 Å². The summed E-state index contributed by atoms with van der Waals surface area (Å²) in [4.78, 5) is 4.28. The molecule has 0 amide bonds. The molecule has 2 aromatic heterocycles. The number of nitrogens with one attached hydrogen (secondary N) is 1. The van der Waals surface area contributed by atoms with Crippen molar-refractivity contribution in [1.29, 1.82) is 0 Å². The normalized spacial score (nSPS) is 10.6. The SMILES string of the molecule is Cc1cc(NCc2ccc(-n3cccn3)cc2)cnc1Br. The van der Waals surface area contributed by atoms with Crippen LogP contribution in [0.5, 0.6) is 0 Å². The van der Waals surface area contributed by atoms with Gasteiger partial charge in [-0.2, -0.15) is 5.10 Å². The minimum Gasteiger partial charge on any atom is -0.380 e. The Labute approximate surface area is 132 Å². The lowest BCUT2D eigenvalue weighted by Gasteiger charge is -2.08. The van der Waals surface area contributed by atoms with Crippen LogP contribution in [-0.2, 0) is 6.54 Å². The van der Waals surface area contributed by atoms with Gasteiger partial charge in [0.25, 0.3) is 0 Å². The first-order valence-corrected chi connectivity index (χ1v) is 7.46. The van der Waals surface area contributed by atoms with Crippen molar-refractivity contribution < 1.29 is 0 Å². The number of hydrogen-bond donors (Lipinski definition) is 1. The lowest BCUT2D eigenvalue weighted by Crippen LogP contribution is -2.01. The topological polar surface area (TPSA) is 42.7 Å². The van der Waals surface area contributed by atoms with Crippen molar-refractivity contribution in [1.82, 2.24) is 14.8 Å². The molecule has 0 aliphatic rings. The van der Waals surface area contributed by atoms with Gasteiger partial charge >= 0.3 is 0 Å². The molecule has 21 heavy (non-hydrogen) atoms. The number of aromatic nitrogens is 3. The van der Waals surface area contributed by atoms with Crippen LogP contribution >= 0.6 is 15.9 Å². The molecule has 0 radical (unpaired) electrons. The minimum atomic E-state index is 0.766. The first kappa shape index (κ1) is 13.8. The van der Waals surface area contributed by atoms with Gasteiger partial charge in [0.1, 0.15) is 4.60 Å². The van der Waals surface area contributed by atoms with E-state index in [1.807, 2.05) is 30.1 Å². The number of nitrogens with zero attached hydrogens (tertiary/aromatic N) is 3. The molecule has 0 atom stereocenters. The largest absolute Gasteiger partial charge is 0.380 e. The van der Waals surface area contributed by atoms with Crippen LogP contribution in [0.1, 0.15) is 11.1 Å². The zero-order valence-electron chi connectivity index (χ0n) is 11.6. The summed E-state index contributed by atoms with van der Waals surface area (Å²) in [6.07, 6.45) is 5.54. The second kappa shape index (κ2) is 6.10. The van der Waals surface area contributed by atoms with Gasteiger partial charge in [-0.15, -0.1) is 0 Å². The summed E-state index contributed by atoms with van der Waals surface area (Å²) in [5.41, 5.74) is 4.41. The van der Waals surface area contributed by atoms with E-state index < -0.39 is 0 Å². The molecule has 3 aromatic rings. The minimum absolute atomic E-state index is 0.766. The molecule has 1 aromatic carbocycles. The maximum absolute atomic E-state index is 4.28. The van der Waals surface area contributed by atoms with Crippen LogP contribution in [0.3, 0.4) is 0 Å². The van der Waals surface area contributed by atoms with E-state index in [1.54, 1.807) is 6.20 Å². The van der Waals surface area contributed by atoms with Crippen molar-refractivity contribution in [2.75, 3.05) is 5.32 Å². The van der Waals surface area contributed by atoms with Crippen molar-refractivity contribution in [2.24, 2.45) is 0 Å². The molecule has 0 saturated carbocycles. The smallest absolute Gasteiger partial charge is 0.109 e. The second-order valence-electron chi connectivity index (χ2n) is 4.80. The van der Waals surface area contributed by atoms with Gasteiger partial charge in [0.05, 0.1) is 17.6 Å². The van der Waals surface area contributed by atoms with E-state index in [1.165, 1.54) is 5.56 Å². The molecule has 0 fully saturated rings. The summed E-state index contributed by atoms with van der Waals surface area (Å²) in [6, 6.07) is 12.3. The molecule has 4 nitrogen and oxygen atoms in total. The van der Waals surface area contributed by atoms with Gasteiger partial charge in [-0.3, -0.25) is 0 Å². The number of hydrogen-bond acceptors (Lipinski definition) is 3. The Morgan fingerprint density at radius 3 is 2.71 bits per heavy atom. The fourth-order valence-corrected chi connectivity index (χ4v) is 2.26. The Kier molecular flexibility index (Phi) is 4.01. The summed E-state index contributed by atoms with van der Waals surface area (Å²) in [7, 11) is 0. The highest BCUT2D eigenvalue weighted by Crippen LogP contribution is 2.17. The van der Waals surface area contributed by atoms with Gasteiger partial charge in [0.15, 0.2) is 0 Å². The zero-order chi connectivity index (χ0) is 14.7. The lowest BCUT2D eigenvalue weighted by molar-refractivity contribution is 0.879. The average molecular weight is 343 g/mol. The summed E-state index contributed by atoms with van der Waals surface area (Å²) in [5.74, 6) is 0. The van der Waals surface area contributed by atoms with Crippen molar-refractivity contribution in [3.05, 3.63) is 70.7 Å². The molecule has 0 aliphatic heterocycles. The Hall–Kier alpha value is -2.14. The van der Waals surface area contributed by atoms with Crippen LogP contribution in [-0.4, -0.2) is 14.8 Å². The second-order valence-corrected chi connectivity index (χ2v) is 5.55. The Morgan fingerprint density at radius 2 is 2.05 bits per heavy atom. The third kappa shape index (κ3) is 3.31. The highest BCUT2D eigenvalue weighted by molar-refractivity contribution is 9.10. The zero-order valence-corrected chi connectivity index (χ0v) is 13.2. The molecule has 1 N–H and O–H groups in total. The van der Waals surface area contributed by atoms with E-state index in [4.69, 9.17) is 0 Å². The van der Waals surface area contributed by atoms with Crippen LogP contribution < -0.4 is 5.32 Å². The highest BCUT2D eigenvalue weighted by Gasteiger charge is 2.00. The number of aryl methyl sites for hydroxylation is 1. The molecular weight excluding hydrogens is 328 g/mol. The number of rotatable bonds is 4. The summed E-state index contributed by atoms with van der Waals surface area (Å²) < 4.78 is 2.73.